The summed E-state index contributed by atoms with van der Waals surface area (Å²) in [7, 11) is 3.98. The van der Waals surface area contributed by atoms with Crippen molar-refractivity contribution in [1.29, 1.82) is 0 Å². The van der Waals surface area contributed by atoms with Crippen molar-refractivity contribution >= 4 is 22.7 Å². The lowest BCUT2D eigenvalue weighted by Gasteiger charge is -2.29. The van der Waals surface area contributed by atoms with Crippen LogP contribution >= 0.6 is 0 Å². The van der Waals surface area contributed by atoms with Crippen LogP contribution in [-0.4, -0.2) is 49.6 Å². The number of nitrogens with zero attached hydrogens (tertiary/aromatic N) is 3. The number of hydrogen-bond acceptors (Lipinski definition) is 6. The zero-order valence-corrected chi connectivity index (χ0v) is 21.7. The lowest BCUT2D eigenvalue weighted by molar-refractivity contribution is -0.274. The Morgan fingerprint density at radius 2 is 1.78 bits per heavy atom. The third-order valence-electron chi connectivity index (χ3n) is 6.91. The van der Waals surface area contributed by atoms with Crippen LogP contribution in [0.15, 0.2) is 42.5 Å². The third kappa shape index (κ3) is 7.71. The number of benzene rings is 2. The van der Waals surface area contributed by atoms with Gasteiger partial charge in [-0.2, -0.15) is 4.98 Å². The number of rotatable bonds is 10. The summed E-state index contributed by atoms with van der Waals surface area (Å²) in [4.78, 5) is 11.4. The van der Waals surface area contributed by atoms with Gasteiger partial charge in [-0.1, -0.05) is 24.3 Å². The van der Waals surface area contributed by atoms with Crippen LogP contribution in [0.1, 0.15) is 43.2 Å². The fourth-order valence-electron chi connectivity index (χ4n) is 4.96. The Hall–Kier alpha value is -3.07. The van der Waals surface area contributed by atoms with Crippen LogP contribution in [0, 0.1) is 12.8 Å². The standard InChI is InChI=1S/C28H36F3N5O/c1-19-10-13-21(25(17-19)37-28(29,30)31)7-6-16-32-22-14-11-20(12-15-22)18-33-27-34-24-9-5-4-8-23(24)26(35-27)36(2)3/h4-5,8-10,13,17,20,22,32H,6-7,11-12,14-16,18H2,1-3H3,(H,33,34,35). The van der Waals surface area contributed by atoms with Crippen LogP contribution in [-0.2, 0) is 6.42 Å². The highest BCUT2D eigenvalue weighted by molar-refractivity contribution is 5.90. The number of fused-ring (bicyclic) bond motifs is 1. The van der Waals surface area contributed by atoms with Gasteiger partial charge < -0.3 is 20.3 Å². The number of alkyl halides is 3. The van der Waals surface area contributed by atoms with E-state index in [9.17, 15) is 13.2 Å². The zero-order valence-electron chi connectivity index (χ0n) is 21.7. The number of hydrogen-bond donors (Lipinski definition) is 2. The van der Waals surface area contributed by atoms with E-state index < -0.39 is 6.36 Å². The van der Waals surface area contributed by atoms with Gasteiger partial charge in [0.1, 0.15) is 11.6 Å². The molecule has 0 radical (unpaired) electrons. The van der Waals surface area contributed by atoms with Gasteiger partial charge in [0.25, 0.3) is 0 Å². The van der Waals surface area contributed by atoms with E-state index in [1.54, 1.807) is 13.0 Å². The molecule has 6 nitrogen and oxygen atoms in total. The molecule has 3 aromatic rings. The Kier molecular flexibility index (Phi) is 8.74. The van der Waals surface area contributed by atoms with Crippen molar-refractivity contribution in [1.82, 2.24) is 15.3 Å². The van der Waals surface area contributed by atoms with Crippen LogP contribution < -0.4 is 20.3 Å². The second kappa shape index (κ2) is 12.0. The number of aromatic nitrogens is 2. The van der Waals surface area contributed by atoms with Gasteiger partial charge in [0.05, 0.1) is 5.52 Å². The second-order valence-corrected chi connectivity index (χ2v) is 10.1. The highest BCUT2D eigenvalue weighted by Crippen LogP contribution is 2.29. The molecule has 1 aliphatic rings. The van der Waals surface area contributed by atoms with Gasteiger partial charge in [-0.15, -0.1) is 13.2 Å². The molecule has 0 spiro atoms. The van der Waals surface area contributed by atoms with Crippen LogP contribution in [0.25, 0.3) is 10.9 Å². The summed E-state index contributed by atoms with van der Waals surface area (Å²) in [6.45, 7) is 3.37. The molecule has 2 aromatic carbocycles. The molecule has 0 bridgehead atoms. The van der Waals surface area contributed by atoms with Gasteiger partial charge in [-0.05, 0) is 87.2 Å². The first-order valence-corrected chi connectivity index (χ1v) is 12.9. The number of aryl methyl sites for hydroxylation is 2. The lowest BCUT2D eigenvalue weighted by atomic mass is 9.86. The van der Waals surface area contributed by atoms with Crippen molar-refractivity contribution in [3.63, 3.8) is 0 Å². The molecule has 4 rings (SSSR count). The average Bonchev–Trinajstić information content (AvgIpc) is 2.85. The molecule has 0 unspecified atom stereocenters. The normalized spacial score (nSPS) is 18.1. The Morgan fingerprint density at radius 3 is 2.51 bits per heavy atom. The van der Waals surface area contributed by atoms with Crippen molar-refractivity contribution in [3.05, 3.63) is 53.6 Å². The minimum absolute atomic E-state index is 0.0893. The van der Waals surface area contributed by atoms with Crippen LogP contribution in [0.2, 0.25) is 0 Å². The number of para-hydroxylation sites is 1. The van der Waals surface area contributed by atoms with Gasteiger partial charge >= 0.3 is 6.36 Å². The number of anilines is 2. The average molecular weight is 516 g/mol. The molecule has 37 heavy (non-hydrogen) atoms. The second-order valence-electron chi connectivity index (χ2n) is 10.1. The molecular formula is C28H36F3N5O. The molecular weight excluding hydrogens is 479 g/mol. The van der Waals surface area contributed by atoms with Crippen molar-refractivity contribution in [3.8, 4) is 5.75 Å². The maximum Gasteiger partial charge on any atom is 0.573 e. The summed E-state index contributed by atoms with van der Waals surface area (Å²) >= 11 is 0. The first-order chi connectivity index (χ1) is 17.7. The fourth-order valence-corrected chi connectivity index (χ4v) is 4.96. The Morgan fingerprint density at radius 1 is 1.03 bits per heavy atom. The first-order valence-electron chi connectivity index (χ1n) is 12.9. The van der Waals surface area contributed by atoms with Crippen LogP contribution in [0.5, 0.6) is 5.75 Å². The molecule has 0 amide bonds. The Labute approximate surface area is 216 Å². The Balaban J connectivity index is 1.20. The van der Waals surface area contributed by atoms with E-state index in [0.717, 1.165) is 67.5 Å². The van der Waals surface area contributed by atoms with Gasteiger partial charge in [0, 0.05) is 32.1 Å². The number of nitrogens with one attached hydrogen (secondary N) is 2. The van der Waals surface area contributed by atoms with Crippen molar-refractivity contribution < 1.29 is 17.9 Å². The molecule has 0 aliphatic heterocycles. The smallest absolute Gasteiger partial charge is 0.405 e. The third-order valence-corrected chi connectivity index (χ3v) is 6.91. The highest BCUT2D eigenvalue weighted by atomic mass is 19.4. The van der Waals surface area contributed by atoms with Crippen molar-refractivity contribution in [2.45, 2.75) is 57.9 Å². The quantitative estimate of drug-likeness (QED) is 0.319. The van der Waals surface area contributed by atoms with Gasteiger partial charge in [0.15, 0.2) is 0 Å². The molecule has 2 N–H and O–H groups in total. The van der Waals surface area contributed by atoms with E-state index in [-0.39, 0.29) is 5.75 Å². The summed E-state index contributed by atoms with van der Waals surface area (Å²) in [6, 6.07) is 13.5. The largest absolute Gasteiger partial charge is 0.573 e. The Bertz CT molecular complexity index is 1180. The molecule has 1 aliphatic carbocycles. The maximum absolute atomic E-state index is 12.7. The van der Waals surface area contributed by atoms with Crippen LogP contribution in [0.3, 0.4) is 0 Å². The van der Waals surface area contributed by atoms with Gasteiger partial charge in [0.2, 0.25) is 5.95 Å². The van der Waals surface area contributed by atoms with Gasteiger partial charge in [-0.3, -0.25) is 0 Å². The van der Waals surface area contributed by atoms with E-state index in [1.165, 1.54) is 6.07 Å². The number of ether oxygens (including phenoxy) is 1. The predicted molar refractivity (Wildman–Crippen MR) is 142 cm³/mol. The summed E-state index contributed by atoms with van der Waals surface area (Å²) in [6.07, 6.45) is 1.01. The fraction of sp³-hybridized carbons (Fsp3) is 0.500. The summed E-state index contributed by atoms with van der Waals surface area (Å²) < 4.78 is 42.4. The molecule has 0 atom stereocenters. The van der Waals surface area contributed by atoms with Gasteiger partial charge in [-0.25, -0.2) is 4.98 Å². The summed E-state index contributed by atoms with van der Waals surface area (Å²) in [5.41, 5.74) is 2.27. The minimum atomic E-state index is -4.68. The highest BCUT2D eigenvalue weighted by Gasteiger charge is 2.32. The van der Waals surface area contributed by atoms with E-state index in [4.69, 9.17) is 9.97 Å². The minimum Gasteiger partial charge on any atom is -0.405 e. The van der Waals surface area contributed by atoms with E-state index in [1.807, 2.05) is 49.3 Å². The molecule has 1 fully saturated rings. The van der Waals surface area contributed by atoms with E-state index in [2.05, 4.69) is 15.4 Å². The van der Waals surface area contributed by atoms with E-state index in [0.29, 0.717) is 29.9 Å². The molecule has 1 heterocycles. The maximum atomic E-state index is 12.7. The van der Waals surface area contributed by atoms with Crippen molar-refractivity contribution in [2.24, 2.45) is 5.92 Å². The van der Waals surface area contributed by atoms with E-state index >= 15 is 0 Å². The molecule has 0 saturated heterocycles. The SMILES string of the molecule is Cc1ccc(CCCNC2CCC(CNc3nc(N(C)C)c4ccccc4n3)CC2)c(OC(F)(F)F)c1. The first kappa shape index (κ1) is 27.0. The summed E-state index contributed by atoms with van der Waals surface area (Å²) in [5, 5.41) is 8.08. The lowest BCUT2D eigenvalue weighted by Crippen LogP contribution is -2.35. The molecule has 1 aromatic heterocycles. The summed E-state index contributed by atoms with van der Waals surface area (Å²) in [5.74, 6) is 2.04. The zero-order chi connectivity index (χ0) is 26.4. The predicted octanol–water partition coefficient (Wildman–Crippen LogP) is 6.10. The van der Waals surface area contributed by atoms with Crippen molar-refractivity contribution in [2.75, 3.05) is 37.4 Å². The molecule has 200 valence electrons. The van der Waals surface area contributed by atoms with Crippen LogP contribution in [0.4, 0.5) is 24.9 Å². The topological polar surface area (TPSA) is 62.3 Å². The molecule has 9 heteroatoms. The molecule has 1 saturated carbocycles. The monoisotopic (exact) mass is 515 g/mol. The number of halogens is 3.